The lowest BCUT2D eigenvalue weighted by Gasteiger charge is -2.31. The van der Waals surface area contributed by atoms with Gasteiger partial charge in [-0.25, -0.2) is 0 Å². The Hall–Kier alpha value is -1.10. The van der Waals surface area contributed by atoms with Crippen LogP contribution in [0, 0.1) is 5.92 Å². The van der Waals surface area contributed by atoms with Crippen LogP contribution in [0.1, 0.15) is 19.3 Å². The number of amides is 2. The van der Waals surface area contributed by atoms with Crippen molar-refractivity contribution >= 4 is 11.8 Å². The molecule has 2 saturated heterocycles. The van der Waals surface area contributed by atoms with Crippen LogP contribution < -0.4 is 11.1 Å². The largest absolute Gasteiger partial charge is 0.369 e. The summed E-state index contributed by atoms with van der Waals surface area (Å²) in [5.74, 6) is -0.554. The van der Waals surface area contributed by atoms with Gasteiger partial charge in [0, 0.05) is 25.6 Å². The lowest BCUT2D eigenvalue weighted by atomic mass is 10.1. The van der Waals surface area contributed by atoms with Crippen LogP contribution in [-0.4, -0.2) is 42.4 Å². The quantitative estimate of drug-likeness (QED) is 0.620. The van der Waals surface area contributed by atoms with Gasteiger partial charge in [0.15, 0.2) is 0 Å². The minimum absolute atomic E-state index is 0.0764. The molecule has 2 heterocycles. The Kier molecular flexibility index (Phi) is 2.90. The van der Waals surface area contributed by atoms with E-state index < -0.39 is 0 Å². The maximum absolute atomic E-state index is 11.7. The van der Waals surface area contributed by atoms with E-state index in [0.717, 1.165) is 25.9 Å². The summed E-state index contributed by atoms with van der Waals surface area (Å²) in [6, 6.07) is 0.260. The number of primary amides is 1. The van der Waals surface area contributed by atoms with Gasteiger partial charge < -0.3 is 16.0 Å². The third-order valence-electron chi connectivity index (χ3n) is 3.27. The van der Waals surface area contributed by atoms with Crippen molar-refractivity contribution in [2.24, 2.45) is 11.7 Å². The van der Waals surface area contributed by atoms with Gasteiger partial charge in [0.05, 0.1) is 5.92 Å². The van der Waals surface area contributed by atoms with E-state index >= 15 is 0 Å². The second-order valence-electron chi connectivity index (χ2n) is 4.35. The summed E-state index contributed by atoms with van der Waals surface area (Å²) in [5, 5.41) is 3.27. The standard InChI is InChI=1S/C10H17N3O2/c11-10(15)7-4-9(14)13(6-7)8-2-1-3-12-5-8/h7-8,12H,1-6H2,(H2,11,15). The lowest BCUT2D eigenvalue weighted by Crippen LogP contribution is -2.47. The fourth-order valence-electron chi connectivity index (χ4n) is 2.37. The molecule has 0 aromatic rings. The predicted octanol–water partition coefficient (Wildman–Crippen LogP) is -0.928. The van der Waals surface area contributed by atoms with E-state index in [2.05, 4.69) is 5.32 Å². The molecule has 2 rings (SSSR count). The van der Waals surface area contributed by atoms with Crippen LogP contribution >= 0.6 is 0 Å². The average molecular weight is 211 g/mol. The zero-order valence-electron chi connectivity index (χ0n) is 8.74. The Balaban J connectivity index is 1.97. The smallest absolute Gasteiger partial charge is 0.223 e. The van der Waals surface area contributed by atoms with Crippen LogP contribution in [0.4, 0.5) is 0 Å². The first-order chi connectivity index (χ1) is 7.18. The van der Waals surface area contributed by atoms with Gasteiger partial charge in [0.25, 0.3) is 0 Å². The molecule has 2 amide bonds. The number of nitrogens with two attached hydrogens (primary N) is 1. The number of carbonyl (C=O) groups excluding carboxylic acids is 2. The maximum atomic E-state index is 11.7. The second-order valence-corrected chi connectivity index (χ2v) is 4.35. The molecule has 2 fully saturated rings. The Labute approximate surface area is 89.0 Å². The molecule has 0 radical (unpaired) electrons. The van der Waals surface area contributed by atoms with Crippen molar-refractivity contribution in [2.75, 3.05) is 19.6 Å². The molecule has 84 valence electrons. The van der Waals surface area contributed by atoms with Crippen LogP contribution in [0.2, 0.25) is 0 Å². The molecule has 0 aromatic carbocycles. The van der Waals surface area contributed by atoms with E-state index in [-0.39, 0.29) is 23.8 Å². The minimum Gasteiger partial charge on any atom is -0.369 e. The van der Waals surface area contributed by atoms with Crippen LogP contribution in [-0.2, 0) is 9.59 Å². The van der Waals surface area contributed by atoms with Crippen molar-refractivity contribution in [3.63, 3.8) is 0 Å². The zero-order valence-corrected chi connectivity index (χ0v) is 8.74. The van der Waals surface area contributed by atoms with Crippen molar-refractivity contribution in [3.8, 4) is 0 Å². The Morgan fingerprint density at radius 3 is 2.87 bits per heavy atom. The second kappa shape index (κ2) is 4.18. The molecule has 5 nitrogen and oxygen atoms in total. The normalized spacial score (nSPS) is 32.0. The number of rotatable bonds is 2. The van der Waals surface area contributed by atoms with Gasteiger partial charge in [-0.15, -0.1) is 0 Å². The van der Waals surface area contributed by atoms with Gasteiger partial charge in [-0.1, -0.05) is 0 Å². The van der Waals surface area contributed by atoms with Crippen molar-refractivity contribution in [3.05, 3.63) is 0 Å². The molecule has 0 saturated carbocycles. The summed E-state index contributed by atoms with van der Waals surface area (Å²) in [6.07, 6.45) is 2.42. The van der Waals surface area contributed by atoms with Crippen LogP contribution in [0.3, 0.4) is 0 Å². The molecule has 2 atom stereocenters. The first kappa shape index (κ1) is 10.4. The van der Waals surface area contributed by atoms with Crippen LogP contribution in [0.25, 0.3) is 0 Å². The number of carbonyl (C=O) groups is 2. The highest BCUT2D eigenvalue weighted by Gasteiger charge is 2.37. The number of hydrogen-bond acceptors (Lipinski definition) is 3. The summed E-state index contributed by atoms with van der Waals surface area (Å²) >= 11 is 0. The summed E-state index contributed by atoms with van der Waals surface area (Å²) < 4.78 is 0. The third-order valence-corrected chi connectivity index (χ3v) is 3.27. The maximum Gasteiger partial charge on any atom is 0.223 e. The highest BCUT2D eigenvalue weighted by molar-refractivity contribution is 5.88. The van der Waals surface area contributed by atoms with E-state index in [4.69, 9.17) is 5.73 Å². The van der Waals surface area contributed by atoms with Gasteiger partial charge in [-0.05, 0) is 19.4 Å². The van der Waals surface area contributed by atoms with Gasteiger partial charge in [0.1, 0.15) is 0 Å². The monoisotopic (exact) mass is 211 g/mol. The molecular formula is C10H17N3O2. The summed E-state index contributed by atoms with van der Waals surface area (Å²) in [6.45, 7) is 2.38. The number of nitrogens with zero attached hydrogens (tertiary/aromatic N) is 1. The summed E-state index contributed by atoms with van der Waals surface area (Å²) in [4.78, 5) is 24.5. The van der Waals surface area contributed by atoms with E-state index in [1.165, 1.54) is 0 Å². The molecule has 2 aliphatic heterocycles. The SMILES string of the molecule is NC(=O)C1CC(=O)N(C2CCCNC2)C1. The predicted molar refractivity (Wildman–Crippen MR) is 54.9 cm³/mol. The molecule has 3 N–H and O–H groups in total. The van der Waals surface area contributed by atoms with E-state index in [1.54, 1.807) is 0 Å². The van der Waals surface area contributed by atoms with Crippen molar-refractivity contribution in [1.29, 1.82) is 0 Å². The molecule has 0 bridgehead atoms. The third kappa shape index (κ3) is 2.12. The number of likely N-dealkylation sites (tertiary alicyclic amines) is 1. The lowest BCUT2D eigenvalue weighted by molar-refractivity contribution is -0.130. The van der Waals surface area contributed by atoms with Crippen molar-refractivity contribution in [1.82, 2.24) is 10.2 Å². The number of nitrogens with one attached hydrogen (secondary N) is 1. The topological polar surface area (TPSA) is 75.4 Å². The highest BCUT2D eigenvalue weighted by Crippen LogP contribution is 2.22. The summed E-state index contributed by atoms with van der Waals surface area (Å²) in [5.41, 5.74) is 5.22. The van der Waals surface area contributed by atoms with Crippen LogP contribution in [0.15, 0.2) is 0 Å². The Morgan fingerprint density at radius 1 is 1.53 bits per heavy atom. The van der Waals surface area contributed by atoms with Gasteiger partial charge >= 0.3 is 0 Å². The van der Waals surface area contributed by atoms with Crippen molar-refractivity contribution < 1.29 is 9.59 Å². The molecule has 2 unspecified atom stereocenters. The van der Waals surface area contributed by atoms with Crippen molar-refractivity contribution in [2.45, 2.75) is 25.3 Å². The molecule has 15 heavy (non-hydrogen) atoms. The Morgan fingerprint density at radius 2 is 2.33 bits per heavy atom. The Bertz CT molecular complexity index is 274. The number of piperidine rings is 1. The zero-order chi connectivity index (χ0) is 10.8. The number of hydrogen-bond donors (Lipinski definition) is 2. The fraction of sp³-hybridized carbons (Fsp3) is 0.800. The first-order valence-corrected chi connectivity index (χ1v) is 5.48. The molecule has 0 aliphatic carbocycles. The molecule has 0 spiro atoms. The van der Waals surface area contributed by atoms with Gasteiger partial charge in [-0.2, -0.15) is 0 Å². The van der Waals surface area contributed by atoms with Crippen LogP contribution in [0.5, 0.6) is 0 Å². The van der Waals surface area contributed by atoms with Gasteiger partial charge in [0.2, 0.25) is 11.8 Å². The average Bonchev–Trinajstić information content (AvgIpc) is 2.62. The molecular weight excluding hydrogens is 194 g/mol. The first-order valence-electron chi connectivity index (χ1n) is 5.48. The molecule has 0 aromatic heterocycles. The van der Waals surface area contributed by atoms with E-state index in [9.17, 15) is 9.59 Å². The molecule has 2 aliphatic rings. The molecule has 5 heteroatoms. The minimum atomic E-state index is -0.352. The summed E-state index contributed by atoms with van der Waals surface area (Å²) in [7, 11) is 0. The van der Waals surface area contributed by atoms with Gasteiger partial charge in [-0.3, -0.25) is 9.59 Å². The van der Waals surface area contributed by atoms with E-state index in [0.29, 0.717) is 13.0 Å². The highest BCUT2D eigenvalue weighted by atomic mass is 16.2. The van der Waals surface area contributed by atoms with E-state index in [1.807, 2.05) is 4.90 Å². The fourth-order valence-corrected chi connectivity index (χ4v) is 2.37.